The Kier molecular flexibility index (Phi) is 8.89. The van der Waals surface area contributed by atoms with Gasteiger partial charge in [-0.25, -0.2) is 8.42 Å². The minimum absolute atomic E-state index is 0.252. The second-order valence-electron chi connectivity index (χ2n) is 4.18. The molecule has 0 aromatic rings. The number of nitrogens with one attached hydrogen (secondary N) is 1. The van der Waals surface area contributed by atoms with Gasteiger partial charge in [-0.3, -0.25) is 0 Å². The molecule has 98 valence electrons. The van der Waals surface area contributed by atoms with Crippen LogP contribution in [-0.4, -0.2) is 46.7 Å². The minimum Gasteiger partial charge on any atom is -0.385 e. The second-order valence-corrected chi connectivity index (χ2v) is 6.49. The molecule has 4 nitrogen and oxygen atoms in total. The molecule has 0 aliphatic rings. The predicted octanol–water partition coefficient (Wildman–Crippen LogP) is 1.22. The van der Waals surface area contributed by atoms with Gasteiger partial charge in [0.05, 0.1) is 11.5 Å². The van der Waals surface area contributed by atoms with Gasteiger partial charge in [0.15, 0.2) is 0 Å². The lowest BCUT2D eigenvalue weighted by molar-refractivity contribution is 0.199. The molecule has 0 saturated heterocycles. The smallest absolute Gasteiger partial charge is 0.150 e. The second kappa shape index (κ2) is 8.96. The van der Waals surface area contributed by atoms with Crippen LogP contribution in [0.3, 0.4) is 0 Å². The van der Waals surface area contributed by atoms with Crippen LogP contribution in [0.4, 0.5) is 0 Å². The summed E-state index contributed by atoms with van der Waals surface area (Å²) in [7, 11) is 0.653. The molecule has 1 unspecified atom stereocenters. The lowest BCUT2D eigenvalue weighted by Crippen LogP contribution is -2.21. The highest BCUT2D eigenvalue weighted by molar-refractivity contribution is 7.91. The molecule has 0 rings (SSSR count). The number of hydrogen-bond donors (Lipinski definition) is 1. The zero-order valence-electron chi connectivity index (χ0n) is 10.7. The van der Waals surface area contributed by atoms with E-state index in [9.17, 15) is 8.42 Å². The van der Waals surface area contributed by atoms with Crippen LogP contribution >= 0.6 is 0 Å². The van der Waals surface area contributed by atoms with Gasteiger partial charge in [-0.15, -0.1) is 0 Å². The fraction of sp³-hybridized carbons (Fsp3) is 1.00. The van der Waals surface area contributed by atoms with E-state index in [1.807, 2.05) is 7.05 Å². The van der Waals surface area contributed by atoms with E-state index in [1.54, 1.807) is 7.11 Å². The zero-order valence-corrected chi connectivity index (χ0v) is 11.5. The number of hydrogen-bond acceptors (Lipinski definition) is 4. The fourth-order valence-electron chi connectivity index (χ4n) is 1.44. The molecule has 0 aromatic carbocycles. The molecule has 0 bridgehead atoms. The average Bonchev–Trinajstić information content (AvgIpc) is 2.24. The quantitative estimate of drug-likeness (QED) is 0.593. The maximum atomic E-state index is 11.5. The molecule has 0 radical (unpaired) electrons. The molecule has 0 aliphatic carbocycles. The minimum atomic E-state index is -2.86. The van der Waals surface area contributed by atoms with Crippen molar-refractivity contribution in [2.75, 3.05) is 32.3 Å². The van der Waals surface area contributed by atoms with Crippen LogP contribution in [0.2, 0.25) is 0 Å². The normalized spacial score (nSPS) is 13.9. The Morgan fingerprint density at radius 3 is 2.38 bits per heavy atom. The Balaban J connectivity index is 3.58. The molecule has 0 aliphatic heterocycles. The summed E-state index contributed by atoms with van der Waals surface area (Å²) >= 11 is 0. The molecule has 0 spiro atoms. The predicted molar refractivity (Wildman–Crippen MR) is 67.5 cm³/mol. The first-order valence-electron chi connectivity index (χ1n) is 5.88. The van der Waals surface area contributed by atoms with Gasteiger partial charge in [0, 0.05) is 19.8 Å². The van der Waals surface area contributed by atoms with Crippen molar-refractivity contribution < 1.29 is 13.2 Å². The van der Waals surface area contributed by atoms with Crippen LogP contribution in [0.25, 0.3) is 0 Å². The molecule has 0 saturated carbocycles. The van der Waals surface area contributed by atoms with Crippen molar-refractivity contribution in [1.82, 2.24) is 5.32 Å². The van der Waals surface area contributed by atoms with E-state index < -0.39 is 9.84 Å². The summed E-state index contributed by atoms with van der Waals surface area (Å²) < 4.78 is 27.9. The summed E-state index contributed by atoms with van der Waals surface area (Å²) in [5.41, 5.74) is 0. The van der Waals surface area contributed by atoms with Gasteiger partial charge >= 0.3 is 0 Å². The molecule has 0 aromatic heterocycles. The summed E-state index contributed by atoms with van der Waals surface area (Å²) in [6.07, 6.45) is 3.36. The first kappa shape index (κ1) is 15.9. The van der Waals surface area contributed by atoms with Gasteiger partial charge in [0.2, 0.25) is 0 Å². The first-order chi connectivity index (χ1) is 7.52. The summed E-state index contributed by atoms with van der Waals surface area (Å²) in [5.74, 6) is 0.565. The maximum Gasteiger partial charge on any atom is 0.150 e. The molecule has 0 amide bonds. The number of rotatable bonds is 10. The van der Waals surface area contributed by atoms with Crippen LogP contribution in [0, 0.1) is 0 Å². The van der Waals surface area contributed by atoms with E-state index in [-0.39, 0.29) is 5.75 Å². The van der Waals surface area contributed by atoms with Gasteiger partial charge < -0.3 is 10.1 Å². The van der Waals surface area contributed by atoms with Gasteiger partial charge in [0.25, 0.3) is 0 Å². The zero-order chi connectivity index (χ0) is 12.4. The Labute approximate surface area is 99.7 Å². The van der Waals surface area contributed by atoms with E-state index in [0.717, 1.165) is 19.3 Å². The SMILES string of the molecule is CNC(C)CCCCS(=O)(=O)CCCOC. The largest absolute Gasteiger partial charge is 0.385 e. The van der Waals surface area contributed by atoms with Crippen LogP contribution < -0.4 is 5.32 Å². The number of unbranched alkanes of at least 4 members (excludes halogenated alkanes) is 1. The highest BCUT2D eigenvalue weighted by Gasteiger charge is 2.10. The van der Waals surface area contributed by atoms with Crippen LogP contribution in [0.1, 0.15) is 32.6 Å². The highest BCUT2D eigenvalue weighted by Crippen LogP contribution is 2.04. The first-order valence-corrected chi connectivity index (χ1v) is 7.70. The van der Waals surface area contributed by atoms with Crippen molar-refractivity contribution in [3.05, 3.63) is 0 Å². The van der Waals surface area contributed by atoms with Crippen molar-refractivity contribution in [2.24, 2.45) is 0 Å². The Bertz CT molecular complexity index is 252. The van der Waals surface area contributed by atoms with Crippen LogP contribution in [-0.2, 0) is 14.6 Å². The third-order valence-corrected chi connectivity index (χ3v) is 4.46. The lowest BCUT2D eigenvalue weighted by atomic mass is 10.1. The molecule has 0 heterocycles. The topological polar surface area (TPSA) is 55.4 Å². The van der Waals surface area contributed by atoms with Crippen LogP contribution in [0.15, 0.2) is 0 Å². The Hall–Kier alpha value is -0.130. The summed E-state index contributed by atoms with van der Waals surface area (Å²) in [6, 6.07) is 0.469. The Morgan fingerprint density at radius 1 is 1.19 bits per heavy atom. The average molecular weight is 251 g/mol. The van der Waals surface area contributed by atoms with Crippen LogP contribution in [0.5, 0.6) is 0 Å². The van der Waals surface area contributed by atoms with E-state index >= 15 is 0 Å². The molecule has 1 atom stereocenters. The van der Waals surface area contributed by atoms with Gasteiger partial charge in [-0.1, -0.05) is 6.42 Å². The number of sulfone groups is 1. The van der Waals surface area contributed by atoms with Crippen molar-refractivity contribution >= 4 is 9.84 Å². The number of methoxy groups -OCH3 is 1. The monoisotopic (exact) mass is 251 g/mol. The van der Waals surface area contributed by atoms with Crippen molar-refractivity contribution in [1.29, 1.82) is 0 Å². The summed E-state index contributed by atoms with van der Waals surface area (Å²) in [4.78, 5) is 0. The molecule has 1 N–H and O–H groups in total. The van der Waals surface area contributed by atoms with E-state index in [0.29, 0.717) is 24.8 Å². The Morgan fingerprint density at radius 2 is 1.81 bits per heavy atom. The van der Waals surface area contributed by atoms with E-state index in [2.05, 4.69) is 12.2 Å². The van der Waals surface area contributed by atoms with Crippen molar-refractivity contribution in [3.63, 3.8) is 0 Å². The lowest BCUT2D eigenvalue weighted by Gasteiger charge is -2.09. The highest BCUT2D eigenvalue weighted by atomic mass is 32.2. The van der Waals surface area contributed by atoms with Gasteiger partial charge in [0.1, 0.15) is 9.84 Å². The van der Waals surface area contributed by atoms with Gasteiger partial charge in [-0.05, 0) is 33.2 Å². The standard InChI is InChI=1S/C11H25NO3S/c1-11(12-2)7-4-5-9-16(13,14)10-6-8-15-3/h11-12H,4-10H2,1-3H3. The van der Waals surface area contributed by atoms with Crippen molar-refractivity contribution in [2.45, 2.75) is 38.6 Å². The van der Waals surface area contributed by atoms with E-state index in [1.165, 1.54) is 0 Å². The third-order valence-electron chi connectivity index (χ3n) is 2.64. The number of ether oxygens (including phenoxy) is 1. The summed E-state index contributed by atoms with van der Waals surface area (Å²) in [6.45, 7) is 2.63. The van der Waals surface area contributed by atoms with Crippen molar-refractivity contribution in [3.8, 4) is 0 Å². The fourth-order valence-corrected chi connectivity index (χ4v) is 2.85. The summed E-state index contributed by atoms with van der Waals surface area (Å²) in [5, 5.41) is 3.14. The molecule has 16 heavy (non-hydrogen) atoms. The molecule has 0 fully saturated rings. The molecular formula is C11H25NO3S. The van der Waals surface area contributed by atoms with Gasteiger partial charge in [-0.2, -0.15) is 0 Å². The molecule has 5 heteroatoms. The molecular weight excluding hydrogens is 226 g/mol. The van der Waals surface area contributed by atoms with E-state index in [4.69, 9.17) is 4.74 Å². The third kappa shape index (κ3) is 9.12. The maximum absolute atomic E-state index is 11.5.